The van der Waals surface area contributed by atoms with Crippen LogP contribution < -0.4 is 15.4 Å². The predicted octanol–water partition coefficient (Wildman–Crippen LogP) is 5.79. The van der Waals surface area contributed by atoms with Gasteiger partial charge in [0.2, 0.25) is 5.91 Å². The number of methoxy groups -OCH3 is 1. The Morgan fingerprint density at radius 3 is 2.68 bits per heavy atom. The second-order valence-corrected chi connectivity index (χ2v) is 9.49. The zero-order valence-electron chi connectivity index (χ0n) is 23.0. The van der Waals surface area contributed by atoms with Crippen molar-refractivity contribution in [2.24, 2.45) is 0 Å². The lowest BCUT2D eigenvalue weighted by molar-refractivity contribution is -0.116. The number of rotatable bonds is 10. The van der Waals surface area contributed by atoms with Crippen LogP contribution >= 0.6 is 0 Å². The van der Waals surface area contributed by atoms with E-state index < -0.39 is 11.7 Å². The summed E-state index contributed by atoms with van der Waals surface area (Å²) in [5, 5.41) is 15.3. The van der Waals surface area contributed by atoms with E-state index >= 15 is 0 Å². The number of carbonyl (C=O) groups is 2. The first-order chi connectivity index (χ1) is 19.8. The highest BCUT2D eigenvalue weighted by molar-refractivity contribution is 6.04. The largest absolute Gasteiger partial charge is 0.504 e. The normalized spacial score (nSPS) is 11.7. The van der Waals surface area contributed by atoms with Crippen LogP contribution in [0, 0.1) is 5.82 Å². The number of halogens is 1. The zero-order chi connectivity index (χ0) is 29.4. The molecule has 8 nitrogen and oxygen atoms in total. The van der Waals surface area contributed by atoms with Crippen LogP contribution in [0.1, 0.15) is 46.9 Å². The van der Waals surface area contributed by atoms with Crippen molar-refractivity contribution >= 4 is 17.5 Å². The summed E-state index contributed by atoms with van der Waals surface area (Å²) in [4.78, 5) is 33.5. The Bertz CT molecular complexity index is 1590. The van der Waals surface area contributed by atoms with Gasteiger partial charge in [-0.15, -0.1) is 0 Å². The monoisotopic (exact) mass is 554 g/mol. The number of phenols is 1. The number of hydrogen-bond acceptors (Lipinski definition) is 6. The van der Waals surface area contributed by atoms with Crippen molar-refractivity contribution < 1.29 is 23.8 Å². The Balaban J connectivity index is 1.42. The average Bonchev–Trinajstić information content (AvgIpc) is 2.97. The lowest BCUT2D eigenvalue weighted by Crippen LogP contribution is -2.21. The molecule has 1 aromatic heterocycles. The molecule has 0 fully saturated rings. The number of amides is 2. The molecule has 0 unspecified atom stereocenters. The molecule has 0 aliphatic carbocycles. The van der Waals surface area contributed by atoms with Crippen LogP contribution in [0.3, 0.4) is 0 Å². The molecule has 3 aromatic carbocycles. The summed E-state index contributed by atoms with van der Waals surface area (Å²) in [5.74, 6) is -0.875. The van der Waals surface area contributed by atoms with Crippen molar-refractivity contribution in [1.82, 2.24) is 15.3 Å². The fourth-order valence-corrected chi connectivity index (χ4v) is 4.26. The van der Waals surface area contributed by atoms with Gasteiger partial charge in [0, 0.05) is 35.1 Å². The topological polar surface area (TPSA) is 113 Å². The molecule has 2 amide bonds. The first kappa shape index (κ1) is 28.9. The number of anilines is 1. The number of hydrogen-bond donors (Lipinski definition) is 3. The number of allylic oxidation sites excluding steroid dienone is 1. The highest BCUT2D eigenvalue weighted by Gasteiger charge is 2.14. The highest BCUT2D eigenvalue weighted by atomic mass is 19.1. The molecular weight excluding hydrogens is 523 g/mol. The third kappa shape index (κ3) is 7.54. The molecule has 210 valence electrons. The molecule has 41 heavy (non-hydrogen) atoms. The van der Waals surface area contributed by atoms with Crippen LogP contribution in [0.2, 0.25) is 0 Å². The molecule has 1 atom stereocenters. The smallest absolute Gasteiger partial charge is 0.255 e. The lowest BCUT2D eigenvalue weighted by Gasteiger charge is -2.14. The van der Waals surface area contributed by atoms with Gasteiger partial charge in [-0.05, 0) is 73.4 Å². The van der Waals surface area contributed by atoms with Crippen molar-refractivity contribution in [2.45, 2.75) is 32.7 Å². The molecule has 0 radical (unpaired) electrons. The summed E-state index contributed by atoms with van der Waals surface area (Å²) in [6.07, 6.45) is 6.93. The second-order valence-electron chi connectivity index (χ2n) is 9.49. The molecule has 0 saturated carbocycles. The number of aromatic nitrogens is 2. The van der Waals surface area contributed by atoms with Crippen molar-refractivity contribution in [1.29, 1.82) is 0 Å². The predicted molar refractivity (Wildman–Crippen MR) is 155 cm³/mol. The Kier molecular flexibility index (Phi) is 9.42. The molecule has 9 heteroatoms. The van der Waals surface area contributed by atoms with Crippen LogP contribution in [0.5, 0.6) is 11.5 Å². The number of nitrogens with one attached hydrogen (secondary N) is 2. The minimum atomic E-state index is -0.574. The summed E-state index contributed by atoms with van der Waals surface area (Å²) in [6, 6.07) is 16.7. The lowest BCUT2D eigenvalue weighted by atomic mass is 9.95. The molecular formula is C32H31FN4O4. The van der Waals surface area contributed by atoms with Gasteiger partial charge in [0.1, 0.15) is 5.82 Å². The SMILES string of the molecule is C/C=C/C(=O)NCc1ccc(C(=O)Nc2cccc([C@H](C)Cc3cncc(-c4ccc(O)c(OC)c4)n3)c2)cc1F. The van der Waals surface area contributed by atoms with E-state index in [0.29, 0.717) is 23.6 Å². The van der Waals surface area contributed by atoms with Crippen LogP contribution in [0.25, 0.3) is 11.3 Å². The van der Waals surface area contributed by atoms with Gasteiger partial charge in [0.25, 0.3) is 5.91 Å². The summed E-state index contributed by atoms with van der Waals surface area (Å²) in [6.45, 7) is 3.80. The molecule has 1 heterocycles. The summed E-state index contributed by atoms with van der Waals surface area (Å²) in [5.41, 5.74) is 4.24. The van der Waals surface area contributed by atoms with Crippen LogP contribution in [-0.4, -0.2) is 34.0 Å². The first-order valence-electron chi connectivity index (χ1n) is 13.1. The standard InChI is InChI=1S/C32H31FN4O4/c1-4-6-31(39)35-17-24-10-9-23(15-27(24)33)32(40)37-25-8-5-7-21(14-25)20(2)13-26-18-34-19-28(36-26)22-11-12-29(38)30(16-22)41-3/h4-12,14-16,18-20,38H,13,17H2,1-3H3,(H,35,39)(H,37,40)/b6-4+/t20-/m1/s1. The van der Waals surface area contributed by atoms with E-state index in [2.05, 4.69) is 22.5 Å². The maximum absolute atomic E-state index is 14.6. The van der Waals surface area contributed by atoms with Crippen LogP contribution in [-0.2, 0) is 17.8 Å². The van der Waals surface area contributed by atoms with Gasteiger partial charge < -0.3 is 20.5 Å². The second kappa shape index (κ2) is 13.3. The number of aromatic hydroxyl groups is 1. The molecule has 0 spiro atoms. The third-order valence-corrected chi connectivity index (χ3v) is 6.48. The molecule has 4 rings (SSSR count). The van der Waals surface area contributed by atoms with E-state index in [1.54, 1.807) is 49.7 Å². The van der Waals surface area contributed by atoms with Crippen molar-refractivity contribution in [3.8, 4) is 22.8 Å². The summed E-state index contributed by atoms with van der Waals surface area (Å²) < 4.78 is 19.8. The summed E-state index contributed by atoms with van der Waals surface area (Å²) >= 11 is 0. The van der Waals surface area contributed by atoms with Gasteiger partial charge >= 0.3 is 0 Å². The highest BCUT2D eigenvalue weighted by Crippen LogP contribution is 2.31. The van der Waals surface area contributed by atoms with E-state index in [9.17, 15) is 19.1 Å². The zero-order valence-corrected chi connectivity index (χ0v) is 23.0. The van der Waals surface area contributed by atoms with Gasteiger partial charge in [0.05, 0.1) is 24.7 Å². The Morgan fingerprint density at radius 1 is 1.10 bits per heavy atom. The number of nitrogens with zero attached hydrogens (tertiary/aromatic N) is 2. The third-order valence-electron chi connectivity index (χ3n) is 6.48. The van der Waals surface area contributed by atoms with Gasteiger partial charge in [-0.1, -0.05) is 31.2 Å². The van der Waals surface area contributed by atoms with Crippen LogP contribution in [0.15, 0.2) is 85.2 Å². The molecule has 0 aliphatic heterocycles. The van der Waals surface area contributed by atoms with E-state index in [1.807, 2.05) is 18.2 Å². The Hall–Kier alpha value is -5.05. The quantitative estimate of drug-likeness (QED) is 0.214. The maximum atomic E-state index is 14.6. The van der Waals surface area contributed by atoms with Crippen molar-refractivity contribution in [2.75, 3.05) is 12.4 Å². The minimum absolute atomic E-state index is 0.0211. The first-order valence-corrected chi connectivity index (χ1v) is 13.1. The van der Waals surface area contributed by atoms with Crippen molar-refractivity contribution in [3.05, 3.63) is 113 Å². The minimum Gasteiger partial charge on any atom is -0.504 e. The van der Waals surface area contributed by atoms with E-state index in [1.165, 1.54) is 25.3 Å². The van der Waals surface area contributed by atoms with Crippen molar-refractivity contribution in [3.63, 3.8) is 0 Å². The maximum Gasteiger partial charge on any atom is 0.255 e. The van der Waals surface area contributed by atoms with Crippen LogP contribution in [0.4, 0.5) is 10.1 Å². The van der Waals surface area contributed by atoms with Gasteiger partial charge in [-0.3, -0.25) is 14.6 Å². The number of ether oxygens (including phenoxy) is 1. The molecule has 0 aliphatic rings. The number of benzene rings is 3. The Morgan fingerprint density at radius 2 is 1.93 bits per heavy atom. The number of carbonyl (C=O) groups excluding carboxylic acids is 2. The van der Waals surface area contributed by atoms with E-state index in [-0.39, 0.29) is 35.2 Å². The molecule has 0 bridgehead atoms. The van der Waals surface area contributed by atoms with Gasteiger partial charge in [0.15, 0.2) is 11.5 Å². The van der Waals surface area contributed by atoms with Gasteiger partial charge in [-0.2, -0.15) is 0 Å². The fraction of sp³-hybridized carbons (Fsp3) is 0.188. The van der Waals surface area contributed by atoms with E-state index in [4.69, 9.17) is 9.72 Å². The average molecular weight is 555 g/mol. The Labute approximate surface area is 237 Å². The molecule has 0 saturated heterocycles. The fourth-order valence-electron chi connectivity index (χ4n) is 4.26. The molecule has 3 N–H and O–H groups in total. The number of phenolic OH excluding ortho intramolecular Hbond substituents is 1. The van der Waals surface area contributed by atoms with E-state index in [0.717, 1.165) is 22.9 Å². The molecule has 4 aromatic rings. The summed E-state index contributed by atoms with van der Waals surface area (Å²) in [7, 11) is 1.49. The van der Waals surface area contributed by atoms with Gasteiger partial charge in [-0.25, -0.2) is 9.37 Å².